The molecule has 1 unspecified atom stereocenters. The van der Waals surface area contributed by atoms with Gasteiger partial charge in [0.2, 0.25) is 1.43 Å². The second kappa shape index (κ2) is 1.77. The number of aliphatic hydroxyl groups is 1. The summed E-state index contributed by atoms with van der Waals surface area (Å²) in [4.78, 5) is 9.93. The van der Waals surface area contributed by atoms with Gasteiger partial charge in [0.25, 0.3) is 0 Å². The fourth-order valence-corrected chi connectivity index (χ4v) is 0. The summed E-state index contributed by atoms with van der Waals surface area (Å²) in [5, 5.41) is 11.6. The molecule has 0 fully saturated rings. The van der Waals surface area contributed by atoms with Crippen molar-refractivity contribution in [3.8, 4) is 0 Å². The molecule has 36 valence electrons. The topological polar surface area (TPSA) is 57.5 Å². The summed E-state index contributed by atoms with van der Waals surface area (Å²) in [5.41, 5.74) is 0. The highest BCUT2D eigenvalue weighted by molar-refractivity contribution is 5.71. The van der Waals surface area contributed by atoms with Gasteiger partial charge >= 0.3 is 5.97 Å². The average molecular weight is 93.1 g/mol. The van der Waals surface area contributed by atoms with Gasteiger partial charge in [-0.2, -0.15) is 0 Å². The van der Waals surface area contributed by atoms with Crippen LogP contribution in [0.3, 0.4) is 0 Å². The van der Waals surface area contributed by atoms with Crippen molar-refractivity contribution in [2.75, 3.05) is 0 Å². The van der Waals surface area contributed by atoms with Crippen LogP contribution in [0.4, 0.5) is 0 Å². The molecule has 0 aromatic rings. The van der Waals surface area contributed by atoms with E-state index in [9.17, 15) is 4.79 Å². The predicted octanol–water partition coefficient (Wildman–Crippen LogP) is -0.548. The van der Waals surface area contributed by atoms with Crippen molar-refractivity contribution in [1.82, 2.24) is 0 Å². The fraction of sp³-hybridized carbons (Fsp3) is 0.667. The molecule has 0 aliphatic carbocycles. The van der Waals surface area contributed by atoms with E-state index in [-0.39, 0.29) is 0 Å². The van der Waals surface area contributed by atoms with Crippen molar-refractivity contribution in [2.45, 2.75) is 13.0 Å². The average Bonchev–Trinajstić information content (AvgIpc) is 1.86. The SMILES string of the molecule is [2H]CC([2H])(O[2H])C(=O)O. The van der Waals surface area contributed by atoms with Gasteiger partial charge in [0.05, 0.1) is 1.37 Å². The normalized spacial score (nSPS) is 25.7. The van der Waals surface area contributed by atoms with Gasteiger partial charge in [-0.3, -0.25) is 0 Å². The zero-order valence-corrected chi connectivity index (χ0v) is 2.97. The van der Waals surface area contributed by atoms with E-state index >= 15 is 0 Å². The van der Waals surface area contributed by atoms with E-state index in [1.165, 1.54) is 0 Å². The van der Waals surface area contributed by atoms with Gasteiger partial charge in [0, 0.05) is 1.37 Å². The molecule has 0 aromatic heterocycles. The number of carbonyl (C=O) groups is 1. The Bertz CT molecular complexity index is 111. The quantitative estimate of drug-likeness (QED) is 0.481. The largest absolute Gasteiger partial charge is 0.479 e. The van der Waals surface area contributed by atoms with Crippen molar-refractivity contribution in [3.63, 3.8) is 0 Å². The molecular weight excluding hydrogens is 84.0 g/mol. The minimum absolute atomic E-state index is 0.786. The van der Waals surface area contributed by atoms with Gasteiger partial charge in [-0.15, -0.1) is 0 Å². The Morgan fingerprint density at radius 1 is 2.50 bits per heavy atom. The number of aliphatic carboxylic acids is 1. The summed E-state index contributed by atoms with van der Waals surface area (Å²) in [6.07, 6.45) is -2.42. The lowest BCUT2D eigenvalue weighted by molar-refractivity contribution is -0.145. The van der Waals surface area contributed by atoms with Crippen molar-refractivity contribution in [1.29, 1.82) is 1.43 Å². The van der Waals surface area contributed by atoms with Gasteiger partial charge in [-0.1, -0.05) is 0 Å². The smallest absolute Gasteiger partial charge is 0.332 e. The first-order valence-electron chi connectivity index (χ1n) is 2.85. The second-order valence-electron chi connectivity index (χ2n) is 0.728. The van der Waals surface area contributed by atoms with E-state index in [4.69, 9.17) is 9.28 Å². The van der Waals surface area contributed by atoms with Crippen LogP contribution >= 0.6 is 0 Å². The Morgan fingerprint density at radius 3 is 3.17 bits per heavy atom. The maximum Gasteiger partial charge on any atom is 0.332 e. The Balaban J connectivity index is 4.09. The van der Waals surface area contributed by atoms with Crippen LogP contribution in [0.25, 0.3) is 0 Å². The minimum atomic E-state index is -2.42. The number of hydrogen-bond acceptors (Lipinski definition) is 2. The Hall–Kier alpha value is -0.570. The lowest BCUT2D eigenvalue weighted by Crippen LogP contribution is -2.13. The van der Waals surface area contributed by atoms with Crippen LogP contribution in [-0.2, 0) is 4.79 Å². The standard InChI is InChI=1S/C3H6O3/c1-2(4)3(5)6/h2,4H,1H3,(H,5,6)/i1D,2D,4D. The summed E-state index contributed by atoms with van der Waals surface area (Å²) in [6.45, 7) is -0.786. The van der Waals surface area contributed by atoms with Gasteiger partial charge in [-0.05, 0) is 6.90 Å². The van der Waals surface area contributed by atoms with Crippen molar-refractivity contribution >= 4 is 5.97 Å². The number of carboxylic acid groups (broad SMARTS) is 1. The zero-order chi connectivity index (χ0) is 7.49. The molecule has 0 aromatic carbocycles. The Labute approximate surface area is 39.5 Å². The summed E-state index contributed by atoms with van der Waals surface area (Å²) >= 11 is 0. The van der Waals surface area contributed by atoms with E-state index < -0.39 is 18.9 Å². The molecule has 0 spiro atoms. The second-order valence-corrected chi connectivity index (χ2v) is 0.728. The first kappa shape index (κ1) is 1.93. The van der Waals surface area contributed by atoms with E-state index in [1.54, 1.807) is 0 Å². The maximum atomic E-state index is 9.93. The molecule has 0 saturated heterocycles. The van der Waals surface area contributed by atoms with Crippen molar-refractivity contribution in [3.05, 3.63) is 0 Å². The van der Waals surface area contributed by atoms with Gasteiger partial charge < -0.3 is 10.2 Å². The Morgan fingerprint density at radius 2 is 3.17 bits per heavy atom. The third-order valence-corrected chi connectivity index (χ3v) is 0.239. The molecule has 3 nitrogen and oxygen atoms in total. The molecule has 6 heavy (non-hydrogen) atoms. The van der Waals surface area contributed by atoms with Gasteiger partial charge in [-0.25, -0.2) is 4.79 Å². The maximum absolute atomic E-state index is 9.93. The summed E-state index contributed by atoms with van der Waals surface area (Å²) in [6, 6.07) is 0. The molecule has 0 amide bonds. The lowest BCUT2D eigenvalue weighted by atomic mass is 10.4. The molecular formula is C3H6O3. The van der Waals surface area contributed by atoms with Crippen LogP contribution in [0.1, 0.15) is 9.64 Å². The molecule has 0 aliphatic rings. The van der Waals surface area contributed by atoms with Crippen LogP contribution in [0.2, 0.25) is 0 Å². The Kier molecular flexibility index (Phi) is 0.569. The van der Waals surface area contributed by atoms with Crippen LogP contribution in [-0.4, -0.2) is 23.7 Å². The van der Waals surface area contributed by atoms with E-state index in [2.05, 4.69) is 5.11 Å². The fourth-order valence-electron chi connectivity index (χ4n) is 0. The summed E-state index contributed by atoms with van der Waals surface area (Å²) in [5.74, 6) is -1.62. The minimum Gasteiger partial charge on any atom is -0.479 e. The molecule has 0 heterocycles. The molecule has 0 bridgehead atoms. The molecule has 3 heteroatoms. The lowest BCUT2D eigenvalue weighted by Gasteiger charge is -1.89. The van der Waals surface area contributed by atoms with Gasteiger partial charge in [0.15, 0.2) is 0 Å². The highest BCUT2D eigenvalue weighted by Crippen LogP contribution is 1.73. The van der Waals surface area contributed by atoms with Crippen molar-refractivity contribution in [2.24, 2.45) is 0 Å². The number of hydrogen-bond donors (Lipinski definition) is 2. The first-order valence-corrected chi connectivity index (χ1v) is 1.24. The number of rotatable bonds is 2. The number of carboxylic acids is 1. The van der Waals surface area contributed by atoms with Crippen LogP contribution in [0.5, 0.6) is 0 Å². The molecule has 0 rings (SSSR count). The third-order valence-electron chi connectivity index (χ3n) is 0.239. The first-order chi connectivity index (χ1) is 4.06. The van der Waals surface area contributed by atoms with Crippen LogP contribution in [0, 0.1) is 0 Å². The molecule has 2 N–H and O–H groups in total. The molecule has 1 atom stereocenters. The highest BCUT2D eigenvalue weighted by atomic mass is 16.4. The molecule has 0 saturated carbocycles. The highest BCUT2D eigenvalue weighted by Gasteiger charge is 2.01. The van der Waals surface area contributed by atoms with Crippen LogP contribution in [0.15, 0.2) is 0 Å². The third kappa shape index (κ3) is 1.72. The summed E-state index contributed by atoms with van der Waals surface area (Å²) in [7, 11) is 0. The zero-order valence-electron chi connectivity index (χ0n) is 5.97. The monoisotopic (exact) mass is 93.1 g/mol. The van der Waals surface area contributed by atoms with E-state index in [0.29, 0.717) is 0 Å². The summed E-state index contributed by atoms with van der Waals surface area (Å²) < 4.78 is 19.2. The van der Waals surface area contributed by atoms with Gasteiger partial charge in [0.1, 0.15) is 6.08 Å². The van der Waals surface area contributed by atoms with E-state index in [1.807, 2.05) is 0 Å². The predicted molar refractivity (Wildman–Crippen MR) is 19.3 cm³/mol. The molecule has 0 aliphatic heterocycles. The van der Waals surface area contributed by atoms with Crippen LogP contribution < -0.4 is 0 Å². The molecule has 0 radical (unpaired) electrons. The van der Waals surface area contributed by atoms with E-state index in [0.717, 1.165) is 0 Å². The van der Waals surface area contributed by atoms with Crippen molar-refractivity contribution < 1.29 is 17.8 Å².